The van der Waals surface area contributed by atoms with Crippen molar-refractivity contribution in [1.29, 1.82) is 5.26 Å². The van der Waals surface area contributed by atoms with E-state index in [-0.39, 0.29) is 12.2 Å². The lowest BCUT2D eigenvalue weighted by Crippen LogP contribution is -2.47. The Bertz CT molecular complexity index is 696. The molecule has 0 spiro atoms. The first-order chi connectivity index (χ1) is 11.3. The Kier molecular flexibility index (Phi) is 4.55. The number of hydrogen-bond acceptors (Lipinski definition) is 3. The maximum Gasteiger partial charge on any atom is 0.320 e. The summed E-state index contributed by atoms with van der Waals surface area (Å²) in [5.41, 5.74) is 2.15. The number of carbonyl (C=O) groups is 1. The zero-order valence-electron chi connectivity index (χ0n) is 12.6. The average Bonchev–Trinajstić information content (AvgIpc) is 2.90. The molecule has 116 valence electrons. The third kappa shape index (κ3) is 3.50. The standard InChI is InChI=1S/C18H18N4O/c19-11-16-17(20-12-14-7-3-1-4-8-14)22(18(23)21-16)13-15-9-5-2-6-10-15/h1-10,16-17,20H,12-13H2,(H,21,23). The normalized spacial score (nSPS) is 20.1. The topological polar surface area (TPSA) is 68.2 Å². The van der Waals surface area contributed by atoms with E-state index in [4.69, 9.17) is 0 Å². The molecule has 2 atom stereocenters. The Morgan fingerprint density at radius 1 is 1.04 bits per heavy atom. The van der Waals surface area contributed by atoms with Crippen LogP contribution in [0.1, 0.15) is 11.1 Å². The molecule has 2 unspecified atom stereocenters. The van der Waals surface area contributed by atoms with Gasteiger partial charge in [0.1, 0.15) is 6.17 Å². The predicted molar refractivity (Wildman–Crippen MR) is 87.0 cm³/mol. The average molecular weight is 306 g/mol. The Morgan fingerprint density at radius 3 is 2.26 bits per heavy atom. The van der Waals surface area contributed by atoms with Gasteiger partial charge in [-0.25, -0.2) is 4.79 Å². The van der Waals surface area contributed by atoms with Gasteiger partial charge in [-0.2, -0.15) is 5.26 Å². The highest BCUT2D eigenvalue weighted by atomic mass is 16.2. The van der Waals surface area contributed by atoms with Crippen molar-refractivity contribution in [2.75, 3.05) is 0 Å². The highest BCUT2D eigenvalue weighted by molar-refractivity contribution is 5.78. The molecule has 2 N–H and O–H groups in total. The Morgan fingerprint density at radius 2 is 1.65 bits per heavy atom. The molecular formula is C18H18N4O. The van der Waals surface area contributed by atoms with E-state index in [0.29, 0.717) is 13.1 Å². The molecule has 0 aromatic heterocycles. The predicted octanol–water partition coefficient (Wildman–Crippen LogP) is 2.22. The first-order valence-electron chi connectivity index (χ1n) is 7.56. The summed E-state index contributed by atoms with van der Waals surface area (Å²) in [6.45, 7) is 1.07. The molecule has 5 heteroatoms. The van der Waals surface area contributed by atoms with Gasteiger partial charge in [0.25, 0.3) is 0 Å². The fourth-order valence-electron chi connectivity index (χ4n) is 2.70. The second-order valence-electron chi connectivity index (χ2n) is 5.48. The summed E-state index contributed by atoms with van der Waals surface area (Å²) in [6.07, 6.45) is -0.354. The fraction of sp³-hybridized carbons (Fsp3) is 0.222. The van der Waals surface area contributed by atoms with Gasteiger partial charge in [0.2, 0.25) is 0 Å². The minimum atomic E-state index is -0.560. The number of nitrogens with one attached hydrogen (secondary N) is 2. The van der Waals surface area contributed by atoms with Crippen LogP contribution in [0.4, 0.5) is 4.79 Å². The van der Waals surface area contributed by atoms with Gasteiger partial charge >= 0.3 is 6.03 Å². The van der Waals surface area contributed by atoms with Gasteiger partial charge in [0.05, 0.1) is 6.07 Å². The van der Waals surface area contributed by atoms with Crippen molar-refractivity contribution in [3.63, 3.8) is 0 Å². The van der Waals surface area contributed by atoms with E-state index >= 15 is 0 Å². The van der Waals surface area contributed by atoms with E-state index in [0.717, 1.165) is 11.1 Å². The third-order valence-corrected chi connectivity index (χ3v) is 3.88. The van der Waals surface area contributed by atoms with Crippen LogP contribution in [-0.2, 0) is 13.1 Å². The van der Waals surface area contributed by atoms with Crippen LogP contribution in [0.2, 0.25) is 0 Å². The smallest absolute Gasteiger partial charge is 0.319 e. The van der Waals surface area contributed by atoms with Gasteiger partial charge in [-0.15, -0.1) is 0 Å². The second kappa shape index (κ2) is 6.95. The zero-order valence-corrected chi connectivity index (χ0v) is 12.6. The lowest BCUT2D eigenvalue weighted by molar-refractivity contribution is 0.187. The van der Waals surface area contributed by atoms with Crippen molar-refractivity contribution in [1.82, 2.24) is 15.5 Å². The Hall–Kier alpha value is -2.84. The Labute approximate surface area is 135 Å². The zero-order chi connectivity index (χ0) is 16.1. The first-order valence-corrected chi connectivity index (χ1v) is 7.56. The van der Waals surface area contributed by atoms with E-state index in [1.165, 1.54) is 0 Å². The van der Waals surface area contributed by atoms with Crippen molar-refractivity contribution >= 4 is 6.03 Å². The first kappa shape index (κ1) is 15.1. The van der Waals surface area contributed by atoms with Crippen molar-refractivity contribution < 1.29 is 4.79 Å². The molecule has 1 heterocycles. The van der Waals surface area contributed by atoms with Crippen LogP contribution in [0, 0.1) is 11.3 Å². The molecule has 2 aromatic rings. The van der Waals surface area contributed by atoms with Crippen LogP contribution in [0.5, 0.6) is 0 Å². The molecule has 1 fully saturated rings. The van der Waals surface area contributed by atoms with Crippen LogP contribution in [-0.4, -0.2) is 23.1 Å². The molecule has 0 radical (unpaired) electrons. The number of amides is 2. The summed E-state index contributed by atoms with van der Waals surface area (Å²) < 4.78 is 0. The number of nitrogens with zero attached hydrogens (tertiary/aromatic N) is 2. The molecule has 5 nitrogen and oxygen atoms in total. The largest absolute Gasteiger partial charge is 0.320 e. The summed E-state index contributed by atoms with van der Waals surface area (Å²) in [5.74, 6) is 0. The van der Waals surface area contributed by atoms with E-state index < -0.39 is 6.04 Å². The molecule has 1 aliphatic heterocycles. The third-order valence-electron chi connectivity index (χ3n) is 3.88. The lowest BCUT2D eigenvalue weighted by Gasteiger charge is -2.25. The van der Waals surface area contributed by atoms with Gasteiger partial charge in [0, 0.05) is 13.1 Å². The highest BCUT2D eigenvalue weighted by Gasteiger charge is 2.39. The van der Waals surface area contributed by atoms with Crippen molar-refractivity contribution in [3.8, 4) is 6.07 Å². The van der Waals surface area contributed by atoms with Crippen molar-refractivity contribution in [2.45, 2.75) is 25.3 Å². The summed E-state index contributed by atoms with van der Waals surface area (Å²) in [5, 5.41) is 15.3. The Balaban J connectivity index is 1.73. The molecule has 3 rings (SSSR count). The van der Waals surface area contributed by atoms with Gasteiger partial charge in [-0.05, 0) is 11.1 Å². The van der Waals surface area contributed by atoms with Gasteiger partial charge < -0.3 is 10.2 Å². The molecule has 1 aliphatic rings. The lowest BCUT2D eigenvalue weighted by atomic mass is 10.2. The molecule has 2 amide bonds. The highest BCUT2D eigenvalue weighted by Crippen LogP contribution is 2.16. The molecule has 23 heavy (non-hydrogen) atoms. The number of hydrogen-bond donors (Lipinski definition) is 2. The number of urea groups is 1. The summed E-state index contributed by atoms with van der Waals surface area (Å²) in [7, 11) is 0. The molecule has 2 aromatic carbocycles. The molecule has 1 saturated heterocycles. The minimum absolute atomic E-state index is 0.217. The maximum absolute atomic E-state index is 12.2. The van der Waals surface area contributed by atoms with Gasteiger partial charge in [-0.1, -0.05) is 60.7 Å². The van der Waals surface area contributed by atoms with Crippen LogP contribution < -0.4 is 10.6 Å². The monoisotopic (exact) mass is 306 g/mol. The SMILES string of the molecule is N#CC1NC(=O)N(Cc2ccccc2)C1NCc1ccccc1. The second-order valence-corrected chi connectivity index (χ2v) is 5.48. The van der Waals surface area contributed by atoms with Crippen molar-refractivity contribution in [2.24, 2.45) is 0 Å². The number of carbonyl (C=O) groups excluding carboxylic acids is 1. The summed E-state index contributed by atoms with van der Waals surface area (Å²) >= 11 is 0. The summed E-state index contributed by atoms with van der Waals surface area (Å²) in [6, 6.07) is 21.1. The van der Waals surface area contributed by atoms with Crippen molar-refractivity contribution in [3.05, 3.63) is 71.8 Å². The number of benzene rings is 2. The van der Waals surface area contributed by atoms with E-state index in [1.807, 2.05) is 60.7 Å². The fourth-order valence-corrected chi connectivity index (χ4v) is 2.70. The van der Waals surface area contributed by atoms with Gasteiger partial charge in [-0.3, -0.25) is 5.32 Å². The van der Waals surface area contributed by atoms with Crippen LogP contribution >= 0.6 is 0 Å². The summed E-state index contributed by atoms with van der Waals surface area (Å²) in [4.78, 5) is 13.9. The number of nitriles is 1. The van der Waals surface area contributed by atoms with E-state index in [9.17, 15) is 10.1 Å². The van der Waals surface area contributed by atoms with E-state index in [2.05, 4.69) is 16.7 Å². The van der Waals surface area contributed by atoms with Gasteiger partial charge in [0.15, 0.2) is 6.04 Å². The maximum atomic E-state index is 12.2. The van der Waals surface area contributed by atoms with Crippen LogP contribution in [0.25, 0.3) is 0 Å². The number of rotatable bonds is 5. The van der Waals surface area contributed by atoms with Crippen LogP contribution in [0.3, 0.4) is 0 Å². The molecular weight excluding hydrogens is 288 g/mol. The molecule has 0 saturated carbocycles. The van der Waals surface area contributed by atoms with Crippen LogP contribution in [0.15, 0.2) is 60.7 Å². The molecule has 0 aliphatic carbocycles. The van der Waals surface area contributed by atoms with E-state index in [1.54, 1.807) is 4.90 Å². The quantitative estimate of drug-likeness (QED) is 0.890. The minimum Gasteiger partial charge on any atom is -0.319 e. The molecule has 0 bridgehead atoms.